The van der Waals surface area contributed by atoms with Crippen LogP contribution < -0.4 is 0 Å². The number of hydrogen-bond donors (Lipinski definition) is 0. The van der Waals surface area contributed by atoms with Gasteiger partial charge < -0.3 is 4.42 Å². The number of carbonyl (C=O) groups is 1. The van der Waals surface area contributed by atoms with E-state index in [4.69, 9.17) is 4.42 Å². The van der Waals surface area contributed by atoms with Crippen molar-refractivity contribution in [2.45, 2.75) is 5.22 Å². The van der Waals surface area contributed by atoms with E-state index in [2.05, 4.69) is 4.98 Å². The third-order valence-electron chi connectivity index (χ3n) is 1.97. The van der Waals surface area contributed by atoms with Crippen molar-refractivity contribution in [3.05, 3.63) is 47.9 Å². The fourth-order valence-corrected chi connectivity index (χ4v) is 1.87. The van der Waals surface area contributed by atoms with Gasteiger partial charge in [0.1, 0.15) is 17.9 Å². The Morgan fingerprint density at radius 2 is 2.24 bits per heavy atom. The average molecular weight is 255 g/mol. The Morgan fingerprint density at radius 1 is 1.41 bits per heavy atom. The van der Waals surface area contributed by atoms with Gasteiger partial charge in [0.15, 0.2) is 5.78 Å². The van der Waals surface area contributed by atoms with Crippen LogP contribution in [0.15, 0.2) is 40.3 Å². The molecule has 0 aliphatic heterocycles. The molecule has 0 radical (unpaired) electrons. The molecular formula is C11H7F2NO2S. The number of carbonyl (C=O) groups excluding carboxylic acids is 1. The third kappa shape index (κ3) is 2.91. The molecule has 0 aliphatic rings. The first-order valence-electron chi connectivity index (χ1n) is 4.67. The Bertz CT molecular complexity index is 528. The number of oxazole rings is 1. The molecule has 2 aromatic rings. The van der Waals surface area contributed by atoms with Gasteiger partial charge in [0, 0.05) is 0 Å². The SMILES string of the molecule is O=C(CSc1ncco1)c1cc(F)ccc1F. The van der Waals surface area contributed by atoms with Gasteiger partial charge in [0.25, 0.3) is 5.22 Å². The normalized spacial score (nSPS) is 10.5. The Balaban J connectivity index is 2.07. The minimum Gasteiger partial charge on any atom is -0.440 e. The predicted octanol–water partition coefficient (Wildman–Crippen LogP) is 2.93. The maximum atomic E-state index is 13.3. The summed E-state index contributed by atoms with van der Waals surface area (Å²) in [6, 6.07) is 2.78. The molecule has 6 heteroatoms. The summed E-state index contributed by atoms with van der Waals surface area (Å²) in [6.45, 7) is 0. The van der Waals surface area contributed by atoms with Crippen molar-refractivity contribution in [1.29, 1.82) is 0 Å². The fraction of sp³-hybridized carbons (Fsp3) is 0.0909. The summed E-state index contributed by atoms with van der Waals surface area (Å²) in [7, 11) is 0. The van der Waals surface area contributed by atoms with Crippen LogP contribution in [-0.2, 0) is 0 Å². The van der Waals surface area contributed by atoms with Gasteiger partial charge >= 0.3 is 0 Å². The maximum absolute atomic E-state index is 13.3. The number of Topliss-reactive ketones (excluding diaryl/α,β-unsaturated/α-hetero) is 1. The number of thioether (sulfide) groups is 1. The van der Waals surface area contributed by atoms with Crippen molar-refractivity contribution in [3.8, 4) is 0 Å². The first kappa shape index (κ1) is 11.8. The molecule has 0 spiro atoms. The molecule has 0 unspecified atom stereocenters. The van der Waals surface area contributed by atoms with Gasteiger partial charge in [-0.15, -0.1) is 0 Å². The van der Waals surface area contributed by atoms with E-state index in [-0.39, 0.29) is 11.3 Å². The van der Waals surface area contributed by atoms with Crippen LogP contribution in [0, 0.1) is 11.6 Å². The van der Waals surface area contributed by atoms with Crippen LogP contribution in [0.1, 0.15) is 10.4 Å². The highest BCUT2D eigenvalue weighted by atomic mass is 32.2. The zero-order valence-corrected chi connectivity index (χ0v) is 9.34. The summed E-state index contributed by atoms with van der Waals surface area (Å²) in [5.41, 5.74) is -0.260. The third-order valence-corrected chi connectivity index (χ3v) is 2.82. The van der Waals surface area contributed by atoms with Gasteiger partial charge in [-0.05, 0) is 18.2 Å². The lowest BCUT2D eigenvalue weighted by atomic mass is 10.1. The quantitative estimate of drug-likeness (QED) is 0.622. The van der Waals surface area contributed by atoms with Crippen LogP contribution >= 0.6 is 11.8 Å². The molecular weight excluding hydrogens is 248 g/mol. The number of rotatable bonds is 4. The van der Waals surface area contributed by atoms with Crippen molar-refractivity contribution in [2.24, 2.45) is 0 Å². The van der Waals surface area contributed by atoms with Gasteiger partial charge in [0.2, 0.25) is 0 Å². The lowest BCUT2D eigenvalue weighted by Crippen LogP contribution is -2.05. The summed E-state index contributed by atoms with van der Waals surface area (Å²) in [6.07, 6.45) is 2.81. The van der Waals surface area contributed by atoms with Crippen molar-refractivity contribution in [2.75, 3.05) is 5.75 Å². The van der Waals surface area contributed by atoms with Crippen LogP contribution in [-0.4, -0.2) is 16.5 Å². The van der Waals surface area contributed by atoms with E-state index < -0.39 is 17.4 Å². The van der Waals surface area contributed by atoms with E-state index in [9.17, 15) is 13.6 Å². The summed E-state index contributed by atoms with van der Waals surface area (Å²) in [4.78, 5) is 15.4. The highest BCUT2D eigenvalue weighted by Crippen LogP contribution is 2.18. The lowest BCUT2D eigenvalue weighted by molar-refractivity contribution is 0.101. The molecule has 0 amide bonds. The van der Waals surface area contributed by atoms with Crippen LogP contribution in [0.3, 0.4) is 0 Å². The molecule has 17 heavy (non-hydrogen) atoms. The molecule has 0 aliphatic carbocycles. The van der Waals surface area contributed by atoms with E-state index in [0.717, 1.165) is 30.0 Å². The Hall–Kier alpha value is -1.69. The molecule has 1 aromatic heterocycles. The monoisotopic (exact) mass is 255 g/mol. The van der Waals surface area contributed by atoms with Gasteiger partial charge in [0.05, 0.1) is 17.5 Å². The van der Waals surface area contributed by atoms with E-state index in [1.807, 2.05) is 0 Å². The number of nitrogens with zero attached hydrogens (tertiary/aromatic N) is 1. The van der Waals surface area contributed by atoms with Gasteiger partial charge in [-0.1, -0.05) is 11.8 Å². The second-order valence-corrected chi connectivity index (χ2v) is 4.06. The molecule has 0 saturated heterocycles. The van der Waals surface area contributed by atoms with Crippen molar-refractivity contribution in [3.63, 3.8) is 0 Å². The second kappa shape index (κ2) is 5.09. The molecule has 0 saturated carbocycles. The van der Waals surface area contributed by atoms with E-state index in [1.165, 1.54) is 12.5 Å². The zero-order chi connectivity index (χ0) is 12.3. The summed E-state index contributed by atoms with van der Waals surface area (Å²) in [5, 5.41) is 0.315. The van der Waals surface area contributed by atoms with Crippen LogP contribution in [0.4, 0.5) is 8.78 Å². The van der Waals surface area contributed by atoms with Crippen molar-refractivity contribution < 1.29 is 18.0 Å². The van der Waals surface area contributed by atoms with E-state index in [1.54, 1.807) is 0 Å². The number of hydrogen-bond acceptors (Lipinski definition) is 4. The van der Waals surface area contributed by atoms with Gasteiger partial charge in [-0.2, -0.15) is 0 Å². The first-order valence-corrected chi connectivity index (χ1v) is 5.66. The average Bonchev–Trinajstić information content (AvgIpc) is 2.82. The Morgan fingerprint density at radius 3 is 2.94 bits per heavy atom. The standard InChI is InChI=1S/C11H7F2NO2S/c12-7-1-2-9(13)8(5-7)10(15)6-17-11-14-3-4-16-11/h1-5H,6H2. The largest absolute Gasteiger partial charge is 0.440 e. The number of benzene rings is 1. The molecule has 88 valence electrons. The molecule has 3 nitrogen and oxygen atoms in total. The first-order chi connectivity index (χ1) is 8.16. The van der Waals surface area contributed by atoms with Crippen LogP contribution in [0.2, 0.25) is 0 Å². The van der Waals surface area contributed by atoms with E-state index in [0.29, 0.717) is 5.22 Å². The summed E-state index contributed by atoms with van der Waals surface area (Å²) >= 11 is 1.03. The molecule has 2 rings (SSSR count). The maximum Gasteiger partial charge on any atom is 0.255 e. The number of halogens is 2. The molecule has 0 N–H and O–H groups in total. The smallest absolute Gasteiger partial charge is 0.255 e. The van der Waals surface area contributed by atoms with Gasteiger partial charge in [-0.25, -0.2) is 13.8 Å². The molecule has 0 atom stereocenters. The highest BCUT2D eigenvalue weighted by Gasteiger charge is 2.14. The Kier molecular flexibility index (Phi) is 3.53. The topological polar surface area (TPSA) is 43.1 Å². The summed E-state index contributed by atoms with van der Waals surface area (Å²) in [5.74, 6) is -1.94. The molecule has 1 aromatic carbocycles. The second-order valence-electron chi connectivity index (χ2n) is 3.13. The molecule has 1 heterocycles. The minimum absolute atomic E-state index is 0.0547. The summed E-state index contributed by atoms with van der Waals surface area (Å²) < 4.78 is 31.0. The number of ketones is 1. The molecule has 0 fully saturated rings. The lowest BCUT2D eigenvalue weighted by Gasteiger charge is -2.01. The molecule has 0 bridgehead atoms. The zero-order valence-electron chi connectivity index (χ0n) is 8.52. The minimum atomic E-state index is -0.732. The Labute approximate surface area is 99.8 Å². The number of aromatic nitrogens is 1. The highest BCUT2D eigenvalue weighted by molar-refractivity contribution is 7.99. The van der Waals surface area contributed by atoms with Crippen LogP contribution in [0.5, 0.6) is 0 Å². The van der Waals surface area contributed by atoms with Crippen molar-refractivity contribution >= 4 is 17.5 Å². The van der Waals surface area contributed by atoms with Crippen molar-refractivity contribution in [1.82, 2.24) is 4.98 Å². The predicted molar refractivity (Wildman–Crippen MR) is 57.9 cm³/mol. The van der Waals surface area contributed by atoms with E-state index >= 15 is 0 Å². The van der Waals surface area contributed by atoms with Gasteiger partial charge in [-0.3, -0.25) is 4.79 Å². The fourth-order valence-electron chi connectivity index (χ4n) is 1.20. The van der Waals surface area contributed by atoms with Crippen LogP contribution in [0.25, 0.3) is 0 Å².